The number of hydrogen-bond acceptors (Lipinski definition) is 8. The molecule has 0 aromatic carbocycles. The molecular formula is C13H17N3O3S3. The van der Waals surface area contributed by atoms with E-state index in [2.05, 4.69) is 15.3 Å². The highest BCUT2D eigenvalue weighted by Crippen LogP contribution is 2.23. The second-order valence-corrected chi connectivity index (χ2v) is 7.55. The predicted octanol–water partition coefficient (Wildman–Crippen LogP) is 2.41. The number of nitrogens with zero attached hydrogens (tertiary/aromatic N) is 2. The first kappa shape index (κ1) is 17.3. The van der Waals surface area contributed by atoms with Crippen molar-refractivity contribution in [1.29, 1.82) is 0 Å². The molecule has 0 saturated heterocycles. The molecule has 6 nitrogen and oxygen atoms in total. The normalized spacial score (nSPS) is 13.8. The van der Waals surface area contributed by atoms with Crippen LogP contribution in [0.4, 0.5) is 5.13 Å². The van der Waals surface area contributed by atoms with Gasteiger partial charge in [0.2, 0.25) is 5.91 Å². The van der Waals surface area contributed by atoms with Crippen LogP contribution in [0.3, 0.4) is 0 Å². The van der Waals surface area contributed by atoms with Crippen LogP contribution in [-0.2, 0) is 20.7 Å². The average molecular weight is 359 g/mol. The lowest BCUT2D eigenvalue weighted by Crippen LogP contribution is -2.12. The van der Waals surface area contributed by atoms with Crippen molar-refractivity contribution in [2.75, 3.05) is 30.0 Å². The number of aromatic nitrogens is 1. The second kappa shape index (κ2) is 9.16. The number of aliphatic imine (C=N–C) groups is 1. The third-order valence-electron chi connectivity index (χ3n) is 2.54. The summed E-state index contributed by atoms with van der Waals surface area (Å²) < 4.78 is 5.93. The van der Waals surface area contributed by atoms with E-state index in [1.54, 1.807) is 35.8 Å². The number of rotatable bonds is 7. The fourth-order valence-electron chi connectivity index (χ4n) is 1.62. The van der Waals surface area contributed by atoms with Crippen LogP contribution in [0.1, 0.15) is 19.0 Å². The summed E-state index contributed by atoms with van der Waals surface area (Å²) in [5, 5.41) is 5.02. The maximum atomic E-state index is 11.8. The number of hydrogen-bond donors (Lipinski definition) is 1. The van der Waals surface area contributed by atoms with E-state index in [0.717, 1.165) is 16.7 Å². The number of nitrogens with one attached hydrogen (secondary N) is 1. The number of thioether (sulfide) groups is 2. The molecule has 0 atom stereocenters. The Morgan fingerprint density at radius 2 is 2.36 bits per heavy atom. The van der Waals surface area contributed by atoms with Crippen molar-refractivity contribution < 1.29 is 14.3 Å². The molecule has 1 aliphatic heterocycles. The SMILES string of the molecule is CCOC(=O)Cc1csc(NC(=O)CCSC2=NCCS2)n1. The summed E-state index contributed by atoms with van der Waals surface area (Å²) >= 11 is 4.67. The van der Waals surface area contributed by atoms with Crippen LogP contribution in [0.5, 0.6) is 0 Å². The summed E-state index contributed by atoms with van der Waals surface area (Å²) in [5.74, 6) is 1.36. The Morgan fingerprint density at radius 3 is 3.09 bits per heavy atom. The van der Waals surface area contributed by atoms with Gasteiger partial charge in [-0.05, 0) is 6.92 Å². The molecular weight excluding hydrogens is 342 g/mol. The summed E-state index contributed by atoms with van der Waals surface area (Å²) in [6, 6.07) is 0. The van der Waals surface area contributed by atoms with Gasteiger partial charge in [0, 0.05) is 23.3 Å². The van der Waals surface area contributed by atoms with Crippen LogP contribution in [0.2, 0.25) is 0 Å². The van der Waals surface area contributed by atoms with Crippen molar-refractivity contribution in [1.82, 2.24) is 4.98 Å². The maximum absolute atomic E-state index is 11.8. The molecule has 2 heterocycles. The monoisotopic (exact) mass is 359 g/mol. The zero-order chi connectivity index (χ0) is 15.8. The van der Waals surface area contributed by atoms with Crippen LogP contribution in [-0.4, -0.2) is 45.9 Å². The van der Waals surface area contributed by atoms with Crippen molar-refractivity contribution in [3.63, 3.8) is 0 Å². The minimum Gasteiger partial charge on any atom is -0.466 e. The van der Waals surface area contributed by atoms with E-state index in [0.29, 0.717) is 29.6 Å². The number of esters is 1. The summed E-state index contributed by atoms with van der Waals surface area (Å²) in [4.78, 5) is 31.7. The minimum atomic E-state index is -0.308. The highest BCUT2D eigenvalue weighted by atomic mass is 32.2. The Bertz CT molecular complexity index is 560. The highest BCUT2D eigenvalue weighted by Gasteiger charge is 2.12. The summed E-state index contributed by atoms with van der Waals surface area (Å²) in [7, 11) is 0. The molecule has 0 saturated carbocycles. The zero-order valence-electron chi connectivity index (χ0n) is 12.2. The molecule has 22 heavy (non-hydrogen) atoms. The molecule has 1 aliphatic rings. The van der Waals surface area contributed by atoms with E-state index >= 15 is 0 Å². The molecule has 2 rings (SSSR count). The number of ether oxygens (including phenoxy) is 1. The standard InChI is InChI=1S/C13H17N3O3S3/c1-2-19-11(18)7-9-8-22-12(15-9)16-10(17)3-5-20-13-14-4-6-21-13/h8H,2-7H2,1H3,(H,15,16,17). The second-order valence-electron chi connectivity index (χ2n) is 4.27. The average Bonchev–Trinajstić information content (AvgIpc) is 3.11. The smallest absolute Gasteiger partial charge is 0.311 e. The van der Waals surface area contributed by atoms with Crippen LogP contribution in [0.15, 0.2) is 10.4 Å². The van der Waals surface area contributed by atoms with Gasteiger partial charge in [0.25, 0.3) is 0 Å². The van der Waals surface area contributed by atoms with Gasteiger partial charge in [-0.1, -0.05) is 23.5 Å². The molecule has 0 spiro atoms. The van der Waals surface area contributed by atoms with Gasteiger partial charge in [0.15, 0.2) is 5.13 Å². The predicted molar refractivity (Wildman–Crippen MR) is 92.9 cm³/mol. The maximum Gasteiger partial charge on any atom is 0.311 e. The quantitative estimate of drug-likeness (QED) is 0.753. The third-order valence-corrected chi connectivity index (χ3v) is 5.60. The molecule has 120 valence electrons. The molecule has 0 bridgehead atoms. The van der Waals surface area contributed by atoms with Crippen molar-refractivity contribution >= 4 is 56.2 Å². The van der Waals surface area contributed by atoms with E-state index < -0.39 is 0 Å². The van der Waals surface area contributed by atoms with Gasteiger partial charge in [0.1, 0.15) is 4.38 Å². The lowest BCUT2D eigenvalue weighted by Gasteiger charge is -2.01. The van der Waals surface area contributed by atoms with E-state index in [-0.39, 0.29) is 18.3 Å². The van der Waals surface area contributed by atoms with Gasteiger partial charge >= 0.3 is 5.97 Å². The van der Waals surface area contributed by atoms with Crippen LogP contribution >= 0.6 is 34.9 Å². The highest BCUT2D eigenvalue weighted by molar-refractivity contribution is 8.39. The molecule has 0 aliphatic carbocycles. The van der Waals surface area contributed by atoms with Gasteiger partial charge in [-0.2, -0.15) is 0 Å². The Balaban J connectivity index is 1.70. The van der Waals surface area contributed by atoms with Gasteiger partial charge in [-0.25, -0.2) is 4.98 Å². The van der Waals surface area contributed by atoms with Gasteiger partial charge in [-0.3, -0.25) is 14.6 Å². The summed E-state index contributed by atoms with van der Waals surface area (Å²) in [6.07, 6.45) is 0.546. The van der Waals surface area contributed by atoms with Crippen molar-refractivity contribution in [2.24, 2.45) is 4.99 Å². The molecule has 9 heteroatoms. The number of carbonyl (C=O) groups excluding carboxylic acids is 2. The Hall–Kier alpha value is -1.06. The lowest BCUT2D eigenvalue weighted by atomic mass is 10.3. The Kier molecular flexibility index (Phi) is 7.20. The van der Waals surface area contributed by atoms with E-state index in [1.165, 1.54) is 11.3 Å². The number of thiazole rings is 1. The van der Waals surface area contributed by atoms with E-state index in [1.807, 2.05) is 0 Å². The molecule has 1 aromatic heterocycles. The van der Waals surface area contributed by atoms with E-state index in [9.17, 15) is 9.59 Å². The van der Waals surface area contributed by atoms with Crippen molar-refractivity contribution in [3.8, 4) is 0 Å². The van der Waals surface area contributed by atoms with E-state index in [4.69, 9.17) is 4.74 Å². The topological polar surface area (TPSA) is 80.6 Å². The van der Waals surface area contributed by atoms with Gasteiger partial charge < -0.3 is 10.1 Å². The molecule has 1 aromatic rings. The number of amides is 1. The van der Waals surface area contributed by atoms with Gasteiger partial charge in [-0.15, -0.1) is 11.3 Å². The van der Waals surface area contributed by atoms with Crippen LogP contribution in [0, 0.1) is 0 Å². The molecule has 0 radical (unpaired) electrons. The minimum absolute atomic E-state index is 0.0758. The number of carbonyl (C=O) groups is 2. The molecule has 0 unspecified atom stereocenters. The molecule has 1 amide bonds. The van der Waals surface area contributed by atoms with Crippen molar-refractivity contribution in [2.45, 2.75) is 19.8 Å². The Labute approximate surface area is 141 Å². The molecule has 1 N–H and O–H groups in total. The number of anilines is 1. The zero-order valence-corrected chi connectivity index (χ0v) is 14.6. The fourth-order valence-corrected chi connectivity index (χ4v) is 4.37. The first-order valence-electron chi connectivity index (χ1n) is 6.87. The van der Waals surface area contributed by atoms with Crippen LogP contribution < -0.4 is 5.32 Å². The van der Waals surface area contributed by atoms with Gasteiger partial charge in [0.05, 0.1) is 25.3 Å². The lowest BCUT2D eigenvalue weighted by molar-refractivity contribution is -0.142. The summed E-state index contributed by atoms with van der Waals surface area (Å²) in [5.41, 5.74) is 0.616. The fraction of sp³-hybridized carbons (Fsp3) is 0.538. The molecule has 0 fully saturated rings. The third kappa shape index (κ3) is 5.98. The summed E-state index contributed by atoms with van der Waals surface area (Å²) in [6.45, 7) is 2.99. The van der Waals surface area contributed by atoms with Crippen molar-refractivity contribution in [3.05, 3.63) is 11.1 Å². The Morgan fingerprint density at radius 1 is 1.50 bits per heavy atom. The first-order chi connectivity index (χ1) is 10.7. The largest absolute Gasteiger partial charge is 0.466 e. The van der Waals surface area contributed by atoms with Crippen LogP contribution in [0.25, 0.3) is 0 Å². The first-order valence-corrected chi connectivity index (χ1v) is 9.72.